The van der Waals surface area contributed by atoms with Gasteiger partial charge < -0.3 is 9.84 Å². The molecule has 2 aromatic rings. The first-order valence-electron chi connectivity index (χ1n) is 6.04. The maximum Gasteiger partial charge on any atom is 0.335 e. The first-order chi connectivity index (χ1) is 9.51. The van der Waals surface area contributed by atoms with Crippen LogP contribution in [0.4, 0.5) is 11.8 Å². The molecule has 2 rings (SSSR count). The number of aromatic nitrogens is 3. The summed E-state index contributed by atoms with van der Waals surface area (Å²) in [7, 11) is -3.77. The monoisotopic (exact) mass is 297 g/mol. The molecule has 0 radical (unpaired) electrons. The Morgan fingerprint density at radius 2 is 2.15 bits per heavy atom. The van der Waals surface area contributed by atoms with Gasteiger partial charge in [-0.3, -0.25) is 0 Å². The Morgan fingerprint density at radius 3 is 2.70 bits per heavy atom. The van der Waals surface area contributed by atoms with Crippen LogP contribution in [0.5, 0.6) is 0 Å². The summed E-state index contributed by atoms with van der Waals surface area (Å²) in [6, 6.07) is 2.88. The number of hydrogen-bond acceptors (Lipinski definition) is 7. The van der Waals surface area contributed by atoms with E-state index in [0.717, 1.165) is 13.0 Å². The second-order valence-electron chi connectivity index (χ2n) is 4.06. The Labute approximate surface area is 116 Å². The van der Waals surface area contributed by atoms with Crippen LogP contribution in [-0.2, 0) is 10.0 Å². The van der Waals surface area contributed by atoms with Crippen LogP contribution in [0.3, 0.4) is 0 Å². The largest absolute Gasteiger partial charge is 0.370 e. The number of anilines is 2. The molecule has 2 heterocycles. The number of nitrogens with zero attached hydrogens (tertiary/aromatic N) is 3. The van der Waals surface area contributed by atoms with Gasteiger partial charge in [0.2, 0.25) is 0 Å². The Kier molecular flexibility index (Phi) is 4.18. The summed E-state index contributed by atoms with van der Waals surface area (Å²) in [5.74, 6) is 0.972. The molecule has 2 aromatic heterocycles. The fraction of sp³-hybridized carbons (Fsp3) is 0.364. The molecule has 0 amide bonds. The lowest BCUT2D eigenvalue weighted by molar-refractivity contribution is 0.429. The molecule has 108 valence electrons. The lowest BCUT2D eigenvalue weighted by Crippen LogP contribution is -2.14. The van der Waals surface area contributed by atoms with Gasteiger partial charge in [-0.05, 0) is 25.5 Å². The quantitative estimate of drug-likeness (QED) is 0.829. The molecule has 0 aliphatic heterocycles. The average Bonchev–Trinajstić information content (AvgIpc) is 2.81. The van der Waals surface area contributed by atoms with Crippen LogP contribution in [0.1, 0.15) is 19.2 Å². The first-order valence-corrected chi connectivity index (χ1v) is 7.52. The SMILES string of the molecule is CCCNc1ccc(S(=O)(=O)Nc2nc(C)no2)cn1. The third-order valence-electron chi connectivity index (χ3n) is 2.35. The van der Waals surface area contributed by atoms with Crippen molar-refractivity contribution >= 4 is 21.9 Å². The second kappa shape index (κ2) is 5.87. The lowest BCUT2D eigenvalue weighted by atomic mass is 10.4. The van der Waals surface area contributed by atoms with E-state index in [4.69, 9.17) is 4.52 Å². The number of nitrogens with one attached hydrogen (secondary N) is 2. The summed E-state index contributed by atoms with van der Waals surface area (Å²) < 4.78 is 31.0. The van der Waals surface area contributed by atoms with Crippen LogP contribution < -0.4 is 10.0 Å². The van der Waals surface area contributed by atoms with Gasteiger partial charge in [0.25, 0.3) is 10.0 Å². The van der Waals surface area contributed by atoms with Gasteiger partial charge in [0.1, 0.15) is 10.7 Å². The Bertz CT molecular complexity index is 666. The van der Waals surface area contributed by atoms with Gasteiger partial charge in [-0.2, -0.15) is 4.98 Å². The van der Waals surface area contributed by atoms with Crippen molar-refractivity contribution in [3.05, 3.63) is 24.2 Å². The molecule has 0 aromatic carbocycles. The van der Waals surface area contributed by atoms with Crippen molar-refractivity contribution in [2.75, 3.05) is 16.6 Å². The van der Waals surface area contributed by atoms with Crippen molar-refractivity contribution in [1.82, 2.24) is 15.1 Å². The number of rotatable bonds is 6. The van der Waals surface area contributed by atoms with Crippen LogP contribution in [-0.4, -0.2) is 30.1 Å². The Hall–Kier alpha value is -2.16. The van der Waals surface area contributed by atoms with E-state index >= 15 is 0 Å². The molecule has 2 N–H and O–H groups in total. The van der Waals surface area contributed by atoms with E-state index in [9.17, 15) is 8.42 Å². The van der Waals surface area contributed by atoms with Crippen LogP contribution >= 0.6 is 0 Å². The minimum atomic E-state index is -3.77. The van der Waals surface area contributed by atoms with Crippen molar-refractivity contribution < 1.29 is 12.9 Å². The number of hydrogen-bond donors (Lipinski definition) is 2. The molecule has 0 spiro atoms. The van der Waals surface area contributed by atoms with Crippen molar-refractivity contribution in [3.8, 4) is 0 Å². The summed E-state index contributed by atoms with van der Waals surface area (Å²) in [6.45, 7) is 4.40. The van der Waals surface area contributed by atoms with Gasteiger partial charge in [-0.1, -0.05) is 12.1 Å². The number of pyridine rings is 1. The van der Waals surface area contributed by atoms with E-state index in [0.29, 0.717) is 11.6 Å². The fourth-order valence-electron chi connectivity index (χ4n) is 1.41. The second-order valence-corrected chi connectivity index (χ2v) is 5.74. The lowest BCUT2D eigenvalue weighted by Gasteiger charge is -2.06. The van der Waals surface area contributed by atoms with Crippen molar-refractivity contribution in [3.63, 3.8) is 0 Å². The van der Waals surface area contributed by atoms with Gasteiger partial charge in [0.15, 0.2) is 5.82 Å². The molecule has 8 nitrogen and oxygen atoms in total. The van der Waals surface area contributed by atoms with Crippen molar-refractivity contribution in [2.45, 2.75) is 25.2 Å². The fourth-order valence-corrected chi connectivity index (χ4v) is 2.28. The van der Waals surface area contributed by atoms with E-state index in [1.807, 2.05) is 6.92 Å². The molecule has 0 aliphatic carbocycles. The van der Waals surface area contributed by atoms with E-state index in [-0.39, 0.29) is 10.9 Å². The molecule has 0 saturated heterocycles. The Morgan fingerprint density at radius 1 is 1.35 bits per heavy atom. The maximum absolute atomic E-state index is 12.0. The van der Waals surface area contributed by atoms with Gasteiger partial charge >= 0.3 is 6.01 Å². The van der Waals surface area contributed by atoms with Crippen molar-refractivity contribution in [1.29, 1.82) is 0 Å². The molecule has 0 bridgehead atoms. The van der Waals surface area contributed by atoms with E-state index < -0.39 is 10.0 Å². The zero-order valence-electron chi connectivity index (χ0n) is 11.1. The molecule has 20 heavy (non-hydrogen) atoms. The van der Waals surface area contributed by atoms with Crippen LogP contribution in [0.2, 0.25) is 0 Å². The standard InChI is InChI=1S/C11H15N5O3S/c1-3-6-12-10-5-4-9(7-13-10)20(17,18)16-11-14-8(2)15-19-11/h4-5,7H,3,6H2,1-2H3,(H,12,13)(H,14,15,16). The number of aryl methyl sites for hydroxylation is 1. The normalized spacial score (nSPS) is 11.3. The molecular weight excluding hydrogens is 282 g/mol. The highest BCUT2D eigenvalue weighted by Gasteiger charge is 2.17. The summed E-state index contributed by atoms with van der Waals surface area (Å²) in [6.07, 6.45) is 2.23. The Balaban J connectivity index is 2.13. The zero-order valence-corrected chi connectivity index (χ0v) is 11.9. The molecule has 0 atom stereocenters. The topological polar surface area (TPSA) is 110 Å². The minimum absolute atomic E-state index is 0.0235. The molecule has 0 aliphatic rings. The van der Waals surface area contributed by atoms with Gasteiger partial charge in [0, 0.05) is 12.7 Å². The molecule has 0 fully saturated rings. The van der Waals surface area contributed by atoms with Crippen LogP contribution in [0.15, 0.2) is 27.7 Å². The van der Waals surface area contributed by atoms with Crippen molar-refractivity contribution in [2.24, 2.45) is 0 Å². The van der Waals surface area contributed by atoms with Gasteiger partial charge in [-0.25, -0.2) is 18.1 Å². The predicted octanol–water partition coefficient (Wildman–Crippen LogP) is 1.40. The van der Waals surface area contributed by atoms with Crippen LogP contribution in [0, 0.1) is 6.92 Å². The summed E-state index contributed by atoms with van der Waals surface area (Å²) in [5.41, 5.74) is 0. The average molecular weight is 297 g/mol. The third kappa shape index (κ3) is 3.44. The van der Waals surface area contributed by atoms with Gasteiger partial charge in [0.05, 0.1) is 0 Å². The highest BCUT2D eigenvalue weighted by molar-refractivity contribution is 7.92. The predicted molar refractivity (Wildman–Crippen MR) is 72.9 cm³/mol. The molecular formula is C11H15N5O3S. The van der Waals surface area contributed by atoms with Gasteiger partial charge in [-0.15, -0.1) is 0 Å². The smallest absolute Gasteiger partial charge is 0.335 e. The van der Waals surface area contributed by atoms with E-state index in [1.54, 1.807) is 13.0 Å². The summed E-state index contributed by atoms with van der Waals surface area (Å²) in [4.78, 5) is 7.83. The van der Waals surface area contributed by atoms with Crippen LogP contribution in [0.25, 0.3) is 0 Å². The maximum atomic E-state index is 12.0. The summed E-state index contributed by atoms with van der Waals surface area (Å²) >= 11 is 0. The third-order valence-corrected chi connectivity index (χ3v) is 3.66. The first kappa shape index (κ1) is 14.3. The number of sulfonamides is 1. The highest BCUT2D eigenvalue weighted by Crippen LogP contribution is 2.15. The molecule has 9 heteroatoms. The van der Waals surface area contributed by atoms with E-state index in [1.165, 1.54) is 12.3 Å². The molecule has 0 unspecified atom stereocenters. The zero-order chi connectivity index (χ0) is 14.6. The minimum Gasteiger partial charge on any atom is -0.370 e. The highest BCUT2D eigenvalue weighted by atomic mass is 32.2. The summed E-state index contributed by atoms with van der Waals surface area (Å²) in [5, 5.41) is 6.56. The van der Waals surface area contributed by atoms with E-state index in [2.05, 4.69) is 25.2 Å². The molecule has 0 saturated carbocycles.